The van der Waals surface area contributed by atoms with Crippen LogP contribution in [0, 0.1) is 6.92 Å². The number of hydrogen-bond acceptors (Lipinski definition) is 4. The van der Waals surface area contributed by atoms with E-state index in [1.165, 1.54) is 12.3 Å². The summed E-state index contributed by atoms with van der Waals surface area (Å²) in [5, 5.41) is 5.15. The number of aryl methyl sites for hydroxylation is 1. The van der Waals surface area contributed by atoms with Crippen molar-refractivity contribution >= 4 is 10.0 Å². The summed E-state index contributed by atoms with van der Waals surface area (Å²) in [5.74, 6) is 0. The maximum Gasteiger partial charge on any atom is 0.238 e. The summed E-state index contributed by atoms with van der Waals surface area (Å²) in [4.78, 5) is 8.27. The summed E-state index contributed by atoms with van der Waals surface area (Å²) in [6.07, 6.45) is 3.11. The zero-order chi connectivity index (χ0) is 12.5. The quantitative estimate of drug-likeness (QED) is 0.863. The van der Waals surface area contributed by atoms with Gasteiger partial charge in [-0.3, -0.25) is 9.97 Å². The van der Waals surface area contributed by atoms with Crippen LogP contribution >= 0.6 is 0 Å². The molecule has 6 heteroatoms. The maximum absolute atomic E-state index is 11.4. The molecule has 2 rings (SSSR count). The molecule has 0 spiro atoms. The van der Waals surface area contributed by atoms with Gasteiger partial charge < -0.3 is 0 Å². The number of aromatic nitrogens is 2. The number of primary sulfonamides is 1. The first-order valence-electron chi connectivity index (χ1n) is 4.89. The monoisotopic (exact) mass is 249 g/mol. The van der Waals surface area contributed by atoms with E-state index in [-0.39, 0.29) is 4.90 Å². The lowest BCUT2D eigenvalue weighted by molar-refractivity contribution is 0.598. The minimum Gasteiger partial charge on any atom is -0.258 e. The van der Waals surface area contributed by atoms with Crippen molar-refractivity contribution in [3.63, 3.8) is 0 Å². The van der Waals surface area contributed by atoms with Gasteiger partial charge in [-0.1, -0.05) is 18.2 Å². The van der Waals surface area contributed by atoms with Crippen LogP contribution in [0.25, 0.3) is 11.3 Å². The molecule has 0 aliphatic heterocycles. The van der Waals surface area contributed by atoms with Gasteiger partial charge in [0.15, 0.2) is 0 Å². The average Bonchev–Trinajstić information content (AvgIpc) is 2.29. The van der Waals surface area contributed by atoms with E-state index in [1.807, 2.05) is 6.92 Å². The lowest BCUT2D eigenvalue weighted by Crippen LogP contribution is -2.13. The second-order valence-corrected chi connectivity index (χ2v) is 5.11. The van der Waals surface area contributed by atoms with Gasteiger partial charge in [-0.05, 0) is 13.0 Å². The first-order valence-corrected chi connectivity index (χ1v) is 6.44. The normalized spacial score (nSPS) is 11.4. The van der Waals surface area contributed by atoms with Crippen LogP contribution < -0.4 is 5.14 Å². The van der Waals surface area contributed by atoms with E-state index in [0.29, 0.717) is 11.3 Å². The van der Waals surface area contributed by atoms with Gasteiger partial charge in [0.25, 0.3) is 0 Å². The molecule has 0 saturated carbocycles. The van der Waals surface area contributed by atoms with Gasteiger partial charge in [0.2, 0.25) is 10.0 Å². The molecule has 0 amide bonds. The highest BCUT2D eigenvalue weighted by atomic mass is 32.2. The number of nitrogens with two attached hydrogens (primary N) is 1. The smallest absolute Gasteiger partial charge is 0.238 e. The number of sulfonamides is 1. The van der Waals surface area contributed by atoms with Crippen LogP contribution in [0.5, 0.6) is 0 Å². The van der Waals surface area contributed by atoms with Crippen LogP contribution in [-0.4, -0.2) is 18.4 Å². The van der Waals surface area contributed by atoms with E-state index in [4.69, 9.17) is 5.14 Å². The van der Waals surface area contributed by atoms with E-state index in [9.17, 15) is 8.42 Å². The van der Waals surface area contributed by atoms with Crippen LogP contribution in [-0.2, 0) is 10.0 Å². The Morgan fingerprint density at radius 2 is 1.82 bits per heavy atom. The minimum atomic E-state index is -3.76. The van der Waals surface area contributed by atoms with Crippen LogP contribution in [0.15, 0.2) is 41.6 Å². The highest BCUT2D eigenvalue weighted by Crippen LogP contribution is 2.23. The fourth-order valence-corrected chi connectivity index (χ4v) is 2.21. The molecular weight excluding hydrogens is 238 g/mol. The van der Waals surface area contributed by atoms with Crippen molar-refractivity contribution in [1.29, 1.82) is 0 Å². The molecular formula is C11H11N3O2S. The van der Waals surface area contributed by atoms with Crippen molar-refractivity contribution < 1.29 is 8.42 Å². The van der Waals surface area contributed by atoms with Crippen molar-refractivity contribution in [3.8, 4) is 11.3 Å². The lowest BCUT2D eigenvalue weighted by Gasteiger charge is -2.06. The Kier molecular flexibility index (Phi) is 2.91. The molecule has 0 atom stereocenters. The summed E-state index contributed by atoms with van der Waals surface area (Å²) >= 11 is 0. The Morgan fingerprint density at radius 1 is 1.12 bits per heavy atom. The average molecular weight is 249 g/mol. The van der Waals surface area contributed by atoms with Crippen LogP contribution in [0.1, 0.15) is 5.69 Å². The third kappa shape index (κ3) is 2.48. The number of nitrogens with zero attached hydrogens (tertiary/aromatic N) is 2. The molecule has 2 N–H and O–H groups in total. The van der Waals surface area contributed by atoms with Gasteiger partial charge in [0, 0.05) is 11.8 Å². The highest BCUT2D eigenvalue weighted by Gasteiger charge is 2.15. The van der Waals surface area contributed by atoms with Crippen molar-refractivity contribution in [2.24, 2.45) is 5.14 Å². The fourth-order valence-electron chi connectivity index (χ4n) is 1.46. The van der Waals surface area contributed by atoms with E-state index < -0.39 is 10.0 Å². The molecule has 0 bridgehead atoms. The first-order chi connectivity index (χ1) is 7.98. The van der Waals surface area contributed by atoms with Gasteiger partial charge in [-0.25, -0.2) is 13.6 Å². The zero-order valence-corrected chi connectivity index (χ0v) is 9.98. The molecule has 0 aliphatic rings. The molecule has 0 fully saturated rings. The second kappa shape index (κ2) is 4.23. The van der Waals surface area contributed by atoms with Gasteiger partial charge in [0.05, 0.1) is 22.5 Å². The third-order valence-corrected chi connectivity index (χ3v) is 3.22. The number of benzene rings is 1. The Morgan fingerprint density at radius 3 is 2.41 bits per heavy atom. The van der Waals surface area contributed by atoms with Crippen molar-refractivity contribution in [1.82, 2.24) is 9.97 Å². The van der Waals surface area contributed by atoms with Crippen LogP contribution in [0.4, 0.5) is 0 Å². The summed E-state index contributed by atoms with van der Waals surface area (Å²) in [6, 6.07) is 6.45. The molecule has 1 aromatic heterocycles. The fraction of sp³-hybridized carbons (Fsp3) is 0.0909. The SMILES string of the molecule is Cc1cnc(-c2ccccc2S(N)(=O)=O)cn1. The van der Waals surface area contributed by atoms with E-state index in [2.05, 4.69) is 9.97 Å². The van der Waals surface area contributed by atoms with Crippen LogP contribution in [0.3, 0.4) is 0 Å². The van der Waals surface area contributed by atoms with E-state index in [0.717, 1.165) is 5.69 Å². The minimum absolute atomic E-state index is 0.0538. The Bertz CT molecular complexity index is 636. The van der Waals surface area contributed by atoms with Gasteiger partial charge in [-0.15, -0.1) is 0 Å². The first kappa shape index (κ1) is 11.7. The predicted molar refractivity (Wildman–Crippen MR) is 63.6 cm³/mol. The summed E-state index contributed by atoms with van der Waals surface area (Å²) in [6.45, 7) is 1.81. The second-order valence-electron chi connectivity index (χ2n) is 3.58. The molecule has 0 radical (unpaired) electrons. The maximum atomic E-state index is 11.4. The molecule has 88 valence electrons. The van der Waals surface area contributed by atoms with Gasteiger partial charge >= 0.3 is 0 Å². The van der Waals surface area contributed by atoms with Crippen LogP contribution in [0.2, 0.25) is 0 Å². The molecule has 5 nitrogen and oxygen atoms in total. The lowest BCUT2D eigenvalue weighted by atomic mass is 10.1. The Hall–Kier alpha value is -1.79. The zero-order valence-electron chi connectivity index (χ0n) is 9.16. The third-order valence-electron chi connectivity index (χ3n) is 2.25. The number of hydrogen-bond donors (Lipinski definition) is 1. The molecule has 0 aliphatic carbocycles. The summed E-state index contributed by atoms with van der Waals surface area (Å²) < 4.78 is 22.8. The molecule has 0 saturated heterocycles. The van der Waals surface area contributed by atoms with Gasteiger partial charge in [-0.2, -0.15) is 0 Å². The van der Waals surface area contributed by atoms with Crippen molar-refractivity contribution in [3.05, 3.63) is 42.4 Å². The topological polar surface area (TPSA) is 85.9 Å². The highest BCUT2D eigenvalue weighted by molar-refractivity contribution is 7.89. The molecule has 1 heterocycles. The summed E-state index contributed by atoms with van der Waals surface area (Å²) in [5.41, 5.74) is 1.71. The van der Waals surface area contributed by atoms with Crippen molar-refractivity contribution in [2.45, 2.75) is 11.8 Å². The largest absolute Gasteiger partial charge is 0.258 e. The van der Waals surface area contributed by atoms with E-state index >= 15 is 0 Å². The predicted octanol–water partition coefficient (Wildman–Crippen LogP) is 1.10. The Balaban J connectivity index is 2.64. The standard InChI is InChI=1S/C11H11N3O2S/c1-8-6-14-10(7-13-8)9-4-2-3-5-11(9)17(12,15)16/h2-7H,1H3,(H2,12,15,16). The van der Waals surface area contributed by atoms with Gasteiger partial charge in [0.1, 0.15) is 0 Å². The van der Waals surface area contributed by atoms with E-state index in [1.54, 1.807) is 24.4 Å². The molecule has 0 unspecified atom stereocenters. The molecule has 17 heavy (non-hydrogen) atoms. The number of rotatable bonds is 2. The molecule has 2 aromatic rings. The summed E-state index contributed by atoms with van der Waals surface area (Å²) in [7, 11) is -3.76. The van der Waals surface area contributed by atoms with Crippen molar-refractivity contribution in [2.75, 3.05) is 0 Å². The Labute approximate surface area is 99.4 Å². The molecule has 1 aromatic carbocycles.